The molecule has 0 saturated carbocycles. The molecule has 108 valence electrons. The number of carbonyl (C=O) groups is 1. The van der Waals surface area contributed by atoms with Crippen molar-refractivity contribution in [2.24, 2.45) is 5.92 Å². The third kappa shape index (κ3) is 2.47. The number of carbonyl (C=O) groups excluding carboxylic acids is 1. The lowest BCUT2D eigenvalue weighted by molar-refractivity contribution is -0.123. The van der Waals surface area contributed by atoms with E-state index in [9.17, 15) is 4.79 Å². The van der Waals surface area contributed by atoms with E-state index < -0.39 is 0 Å². The van der Waals surface area contributed by atoms with Gasteiger partial charge in [0.15, 0.2) is 0 Å². The molecule has 2 atom stereocenters. The Balaban J connectivity index is 1.73. The predicted molar refractivity (Wildman–Crippen MR) is 81.9 cm³/mol. The monoisotopic (exact) mass is 272 g/mol. The summed E-state index contributed by atoms with van der Waals surface area (Å²) in [6.07, 6.45) is 3.50. The molecule has 0 aromatic heterocycles. The van der Waals surface area contributed by atoms with Gasteiger partial charge in [-0.1, -0.05) is 25.1 Å². The van der Waals surface area contributed by atoms with E-state index in [0.717, 1.165) is 31.7 Å². The van der Waals surface area contributed by atoms with E-state index in [0.29, 0.717) is 5.92 Å². The van der Waals surface area contributed by atoms with Crippen LogP contribution in [0, 0.1) is 5.92 Å². The average molecular weight is 272 g/mol. The Kier molecular flexibility index (Phi) is 3.79. The number of fused-ring (bicyclic) bond motifs is 1. The number of anilines is 1. The maximum Gasteiger partial charge on any atom is 0.244 e. The highest BCUT2D eigenvalue weighted by atomic mass is 16.2. The predicted octanol–water partition coefficient (Wildman–Crippen LogP) is 2.70. The highest BCUT2D eigenvalue weighted by Gasteiger charge is 2.32. The third-order valence-electron chi connectivity index (χ3n) is 4.75. The minimum absolute atomic E-state index is 0.00362. The second kappa shape index (κ2) is 5.57. The van der Waals surface area contributed by atoms with E-state index in [4.69, 9.17) is 0 Å². The lowest BCUT2D eigenvalue weighted by Crippen LogP contribution is -2.49. The summed E-state index contributed by atoms with van der Waals surface area (Å²) in [6.45, 7) is 7.32. The summed E-state index contributed by atoms with van der Waals surface area (Å²) in [7, 11) is 0. The van der Waals surface area contributed by atoms with Crippen molar-refractivity contribution in [3.05, 3.63) is 29.8 Å². The fourth-order valence-electron chi connectivity index (χ4n) is 3.53. The highest BCUT2D eigenvalue weighted by molar-refractivity contribution is 5.98. The van der Waals surface area contributed by atoms with Gasteiger partial charge in [0, 0.05) is 18.8 Å². The number of para-hydroxylation sites is 1. The first-order chi connectivity index (χ1) is 9.66. The molecule has 3 rings (SSSR count). The smallest absolute Gasteiger partial charge is 0.244 e. The Hall–Kier alpha value is -1.35. The zero-order chi connectivity index (χ0) is 14.1. The number of benzene rings is 1. The fourth-order valence-corrected chi connectivity index (χ4v) is 3.53. The molecule has 3 nitrogen and oxygen atoms in total. The Bertz CT molecular complexity index is 500. The topological polar surface area (TPSA) is 23.6 Å². The molecule has 20 heavy (non-hydrogen) atoms. The van der Waals surface area contributed by atoms with E-state index in [1.165, 1.54) is 18.4 Å². The summed E-state index contributed by atoms with van der Waals surface area (Å²) in [6, 6.07) is 8.30. The van der Waals surface area contributed by atoms with Crippen LogP contribution in [0.3, 0.4) is 0 Å². The summed E-state index contributed by atoms with van der Waals surface area (Å²) in [5.41, 5.74) is 2.43. The highest BCUT2D eigenvalue weighted by Crippen LogP contribution is 2.29. The van der Waals surface area contributed by atoms with Gasteiger partial charge in [-0.2, -0.15) is 0 Å². The van der Waals surface area contributed by atoms with Gasteiger partial charge < -0.3 is 4.90 Å². The molecular formula is C17H24N2O. The summed E-state index contributed by atoms with van der Waals surface area (Å²) >= 11 is 0. The van der Waals surface area contributed by atoms with Crippen molar-refractivity contribution in [2.45, 2.75) is 39.2 Å². The van der Waals surface area contributed by atoms with Gasteiger partial charge in [0.05, 0.1) is 6.04 Å². The second-order valence-electron chi connectivity index (χ2n) is 6.29. The first-order valence-electron chi connectivity index (χ1n) is 7.80. The Morgan fingerprint density at radius 2 is 2.10 bits per heavy atom. The molecule has 1 saturated heterocycles. The molecule has 2 aliphatic rings. The van der Waals surface area contributed by atoms with Crippen molar-refractivity contribution in [2.75, 3.05) is 24.5 Å². The van der Waals surface area contributed by atoms with Crippen LogP contribution >= 0.6 is 0 Å². The molecule has 1 amide bonds. The minimum Gasteiger partial charge on any atom is -0.310 e. The molecule has 1 fully saturated rings. The van der Waals surface area contributed by atoms with E-state index >= 15 is 0 Å². The molecule has 2 heterocycles. The number of hydrogen-bond donors (Lipinski definition) is 0. The van der Waals surface area contributed by atoms with E-state index in [1.807, 2.05) is 11.0 Å². The van der Waals surface area contributed by atoms with Crippen LogP contribution in [0.4, 0.5) is 5.69 Å². The number of likely N-dealkylation sites (tertiary alicyclic amines) is 1. The van der Waals surface area contributed by atoms with Gasteiger partial charge in [-0.15, -0.1) is 0 Å². The molecule has 1 aromatic carbocycles. The van der Waals surface area contributed by atoms with Gasteiger partial charge in [-0.3, -0.25) is 9.69 Å². The number of nitrogens with zero attached hydrogens (tertiary/aromatic N) is 2. The van der Waals surface area contributed by atoms with Crippen molar-refractivity contribution in [3.63, 3.8) is 0 Å². The average Bonchev–Trinajstić information content (AvgIpc) is 2.89. The molecule has 0 aliphatic carbocycles. The van der Waals surface area contributed by atoms with E-state index in [-0.39, 0.29) is 11.9 Å². The van der Waals surface area contributed by atoms with Crippen LogP contribution in [-0.2, 0) is 11.2 Å². The molecule has 1 aromatic rings. The molecule has 2 aliphatic heterocycles. The van der Waals surface area contributed by atoms with Gasteiger partial charge in [-0.05, 0) is 50.3 Å². The standard InChI is InChI=1S/C17H24N2O/c1-13-6-5-10-18(12-13)14(2)17(20)19-11-9-15-7-3-4-8-16(15)19/h3-4,7-8,13-14H,5-6,9-12H2,1-2H3. The number of rotatable bonds is 2. The molecule has 3 heteroatoms. The lowest BCUT2D eigenvalue weighted by atomic mass is 9.99. The third-order valence-corrected chi connectivity index (χ3v) is 4.75. The van der Waals surface area contributed by atoms with Gasteiger partial charge in [-0.25, -0.2) is 0 Å². The second-order valence-corrected chi connectivity index (χ2v) is 6.29. The summed E-state index contributed by atoms with van der Waals surface area (Å²) < 4.78 is 0. The van der Waals surface area contributed by atoms with Crippen molar-refractivity contribution < 1.29 is 4.79 Å². The molecule has 0 bridgehead atoms. The van der Waals surface area contributed by atoms with Crippen molar-refractivity contribution in [3.8, 4) is 0 Å². The maximum absolute atomic E-state index is 12.8. The molecule has 0 N–H and O–H groups in total. The molecule has 0 spiro atoms. The molecule has 0 radical (unpaired) electrons. The number of piperidine rings is 1. The normalized spacial score (nSPS) is 24.5. The summed E-state index contributed by atoms with van der Waals surface area (Å²) in [5.74, 6) is 0.980. The summed E-state index contributed by atoms with van der Waals surface area (Å²) in [4.78, 5) is 17.1. The van der Waals surface area contributed by atoms with Crippen molar-refractivity contribution in [1.82, 2.24) is 4.90 Å². The van der Waals surface area contributed by atoms with Crippen LogP contribution in [-0.4, -0.2) is 36.5 Å². The Labute approximate surface area is 121 Å². The number of hydrogen-bond acceptors (Lipinski definition) is 2. The van der Waals surface area contributed by atoms with Crippen LogP contribution in [0.5, 0.6) is 0 Å². The number of amides is 1. The van der Waals surface area contributed by atoms with Gasteiger partial charge >= 0.3 is 0 Å². The Morgan fingerprint density at radius 3 is 2.90 bits per heavy atom. The first-order valence-corrected chi connectivity index (χ1v) is 7.80. The quantitative estimate of drug-likeness (QED) is 0.826. The van der Waals surface area contributed by atoms with Gasteiger partial charge in [0.2, 0.25) is 5.91 Å². The van der Waals surface area contributed by atoms with Gasteiger partial charge in [0.25, 0.3) is 0 Å². The van der Waals surface area contributed by atoms with Gasteiger partial charge in [0.1, 0.15) is 0 Å². The zero-order valence-electron chi connectivity index (χ0n) is 12.5. The lowest BCUT2D eigenvalue weighted by Gasteiger charge is -2.36. The fraction of sp³-hybridized carbons (Fsp3) is 0.588. The minimum atomic E-state index is 0.00362. The van der Waals surface area contributed by atoms with Crippen LogP contribution in [0.2, 0.25) is 0 Å². The van der Waals surface area contributed by atoms with E-state index in [1.54, 1.807) is 0 Å². The SMILES string of the molecule is CC1CCCN(C(C)C(=O)N2CCc3ccccc32)C1. The van der Waals surface area contributed by atoms with Crippen LogP contribution < -0.4 is 4.90 Å². The molecular weight excluding hydrogens is 248 g/mol. The van der Waals surface area contributed by atoms with Crippen LogP contribution in [0.1, 0.15) is 32.3 Å². The largest absolute Gasteiger partial charge is 0.310 e. The van der Waals surface area contributed by atoms with Crippen molar-refractivity contribution >= 4 is 11.6 Å². The molecule has 2 unspecified atom stereocenters. The summed E-state index contributed by atoms with van der Waals surface area (Å²) in [5, 5.41) is 0. The van der Waals surface area contributed by atoms with Crippen molar-refractivity contribution in [1.29, 1.82) is 0 Å². The zero-order valence-corrected chi connectivity index (χ0v) is 12.5. The van der Waals surface area contributed by atoms with E-state index in [2.05, 4.69) is 36.9 Å². The van der Waals surface area contributed by atoms with Crippen LogP contribution in [0.15, 0.2) is 24.3 Å². The first kappa shape index (κ1) is 13.6. The maximum atomic E-state index is 12.8. The van der Waals surface area contributed by atoms with Crippen LogP contribution in [0.25, 0.3) is 0 Å². The Morgan fingerprint density at radius 1 is 1.30 bits per heavy atom.